The first-order chi connectivity index (χ1) is 13.9. The van der Waals surface area contributed by atoms with Crippen molar-refractivity contribution in [2.24, 2.45) is 23.7 Å². The fourth-order valence-electron chi connectivity index (χ4n) is 5.52. The van der Waals surface area contributed by atoms with Gasteiger partial charge >= 0.3 is 11.9 Å². The van der Waals surface area contributed by atoms with Crippen LogP contribution in [0.1, 0.15) is 73.2 Å². The number of hydrogen-bond donors (Lipinski definition) is 2. The largest absolute Gasteiger partial charge is 0.481 e. The van der Waals surface area contributed by atoms with Crippen molar-refractivity contribution in [2.75, 3.05) is 5.32 Å². The molecular weight excluding hydrogens is 390 g/mol. The van der Waals surface area contributed by atoms with Gasteiger partial charge in [-0.3, -0.25) is 9.59 Å². The minimum atomic E-state index is -0.871. The van der Waals surface area contributed by atoms with E-state index in [-0.39, 0.29) is 23.8 Å². The molecule has 4 aliphatic carbocycles. The van der Waals surface area contributed by atoms with Crippen LogP contribution in [-0.2, 0) is 27.2 Å². The molecule has 1 aromatic rings. The highest BCUT2D eigenvalue weighted by molar-refractivity contribution is 7.17. The molecule has 3 saturated carbocycles. The second-order valence-electron chi connectivity index (χ2n) is 8.92. The van der Waals surface area contributed by atoms with Gasteiger partial charge in [0.2, 0.25) is 5.91 Å². The van der Waals surface area contributed by atoms with E-state index < -0.39 is 23.8 Å². The predicted octanol–water partition coefficient (Wildman–Crippen LogP) is 4.27. The Balaban J connectivity index is 1.63. The van der Waals surface area contributed by atoms with Crippen molar-refractivity contribution in [3.63, 3.8) is 0 Å². The van der Waals surface area contributed by atoms with Crippen LogP contribution in [0.4, 0.5) is 5.00 Å². The zero-order chi connectivity index (χ0) is 20.7. The molecule has 7 heteroatoms. The maximum atomic E-state index is 13.3. The summed E-state index contributed by atoms with van der Waals surface area (Å²) >= 11 is 1.46. The molecule has 2 atom stereocenters. The lowest BCUT2D eigenvalue weighted by Gasteiger charge is -2.45. The Labute approximate surface area is 175 Å². The third-order valence-electron chi connectivity index (χ3n) is 6.76. The first-order valence-corrected chi connectivity index (χ1v) is 11.6. The van der Waals surface area contributed by atoms with Gasteiger partial charge in [0.05, 0.1) is 23.5 Å². The van der Waals surface area contributed by atoms with Gasteiger partial charge in [-0.05, 0) is 82.6 Å². The molecule has 0 radical (unpaired) electrons. The van der Waals surface area contributed by atoms with E-state index in [1.807, 2.05) is 13.8 Å². The van der Waals surface area contributed by atoms with Crippen molar-refractivity contribution in [2.45, 2.75) is 71.3 Å². The Bertz CT molecular complexity index is 821. The van der Waals surface area contributed by atoms with Crippen LogP contribution in [0.15, 0.2) is 0 Å². The van der Waals surface area contributed by atoms with Crippen molar-refractivity contribution < 1.29 is 24.2 Å². The van der Waals surface area contributed by atoms with E-state index in [9.17, 15) is 19.5 Å². The number of ether oxygens (including phenoxy) is 1. The van der Waals surface area contributed by atoms with Crippen LogP contribution in [0.25, 0.3) is 0 Å². The normalized spacial score (nSPS) is 28.1. The van der Waals surface area contributed by atoms with Crippen LogP contribution in [0.3, 0.4) is 0 Å². The van der Waals surface area contributed by atoms with E-state index in [0.29, 0.717) is 10.6 Å². The molecule has 6 nitrogen and oxygen atoms in total. The molecule has 29 heavy (non-hydrogen) atoms. The molecule has 0 aliphatic heterocycles. The van der Waals surface area contributed by atoms with Crippen molar-refractivity contribution >= 4 is 34.2 Å². The minimum absolute atomic E-state index is 0.0789. The third kappa shape index (κ3) is 3.81. The molecule has 2 bridgehead atoms. The van der Waals surface area contributed by atoms with E-state index in [2.05, 4.69) is 5.32 Å². The zero-order valence-electron chi connectivity index (χ0n) is 17.0. The summed E-state index contributed by atoms with van der Waals surface area (Å²) in [6.45, 7) is 3.62. The average molecular weight is 420 g/mol. The van der Waals surface area contributed by atoms with E-state index in [1.165, 1.54) is 11.3 Å². The molecule has 3 fully saturated rings. The molecule has 158 valence electrons. The summed E-state index contributed by atoms with van der Waals surface area (Å²) in [6, 6.07) is 0. The highest BCUT2D eigenvalue weighted by Crippen LogP contribution is 2.50. The van der Waals surface area contributed by atoms with Gasteiger partial charge in [0, 0.05) is 4.88 Å². The van der Waals surface area contributed by atoms with Gasteiger partial charge in [0.25, 0.3) is 0 Å². The fraction of sp³-hybridized carbons (Fsp3) is 0.682. The van der Waals surface area contributed by atoms with Crippen LogP contribution >= 0.6 is 11.3 Å². The van der Waals surface area contributed by atoms with Crippen LogP contribution in [0.2, 0.25) is 0 Å². The van der Waals surface area contributed by atoms with Gasteiger partial charge in [0.1, 0.15) is 5.00 Å². The summed E-state index contributed by atoms with van der Waals surface area (Å²) in [4.78, 5) is 39.1. The number of thiophene rings is 1. The minimum Gasteiger partial charge on any atom is -0.481 e. The molecule has 5 rings (SSSR count). The lowest BCUT2D eigenvalue weighted by Crippen LogP contribution is -2.49. The number of carbonyl (C=O) groups is 3. The molecule has 1 aromatic heterocycles. The number of aryl methyl sites for hydroxylation is 1. The summed E-state index contributed by atoms with van der Waals surface area (Å²) in [5, 5.41) is 13.3. The smallest absolute Gasteiger partial charge is 0.341 e. The van der Waals surface area contributed by atoms with E-state index in [0.717, 1.165) is 61.8 Å². The monoisotopic (exact) mass is 419 g/mol. The topological polar surface area (TPSA) is 92.7 Å². The second kappa shape index (κ2) is 8.09. The summed E-state index contributed by atoms with van der Waals surface area (Å²) in [6.07, 6.45) is 7.19. The summed E-state index contributed by atoms with van der Waals surface area (Å²) < 4.78 is 5.46. The van der Waals surface area contributed by atoms with Crippen LogP contribution in [-0.4, -0.2) is 29.1 Å². The molecule has 2 N–H and O–H groups in total. The standard InChI is InChI=1S/C22H29NO5S/c1-11(2)28-22(27)18-14-5-3-4-6-15(14)29-20(18)23-19(24)16-12-7-9-13(10-8-12)17(16)21(25)26/h11-13,16-17H,3-10H2,1-2H3,(H,23,24)(H,25,26)/t12?,13?,16-,17+/m0/s1. The quantitative estimate of drug-likeness (QED) is 0.696. The van der Waals surface area contributed by atoms with Gasteiger partial charge < -0.3 is 15.2 Å². The van der Waals surface area contributed by atoms with Crippen LogP contribution in [0.5, 0.6) is 0 Å². The van der Waals surface area contributed by atoms with Gasteiger partial charge in [-0.1, -0.05) is 0 Å². The number of carbonyl (C=O) groups excluding carboxylic acids is 2. The predicted molar refractivity (Wildman–Crippen MR) is 110 cm³/mol. The lowest BCUT2D eigenvalue weighted by atomic mass is 9.58. The first kappa shape index (κ1) is 20.4. The number of carboxylic acids is 1. The molecule has 4 aliphatic rings. The Morgan fingerprint density at radius 3 is 2.28 bits per heavy atom. The van der Waals surface area contributed by atoms with E-state index in [1.54, 1.807) is 0 Å². The number of hydrogen-bond acceptors (Lipinski definition) is 5. The van der Waals surface area contributed by atoms with E-state index >= 15 is 0 Å². The average Bonchev–Trinajstić information content (AvgIpc) is 3.05. The maximum absolute atomic E-state index is 13.3. The number of fused-ring (bicyclic) bond motifs is 4. The maximum Gasteiger partial charge on any atom is 0.341 e. The number of carboxylic acid groups (broad SMARTS) is 1. The molecule has 0 aromatic carbocycles. The second-order valence-corrected chi connectivity index (χ2v) is 10.0. The molecule has 0 saturated heterocycles. The number of anilines is 1. The highest BCUT2D eigenvalue weighted by atomic mass is 32.1. The third-order valence-corrected chi connectivity index (χ3v) is 7.97. The molecule has 1 heterocycles. The fourth-order valence-corrected chi connectivity index (χ4v) is 6.80. The first-order valence-electron chi connectivity index (χ1n) is 10.8. The molecule has 1 amide bonds. The number of amides is 1. The number of esters is 1. The van der Waals surface area contributed by atoms with Crippen molar-refractivity contribution in [1.82, 2.24) is 0 Å². The Morgan fingerprint density at radius 2 is 1.66 bits per heavy atom. The molecule has 0 unspecified atom stereocenters. The summed E-state index contributed by atoms with van der Waals surface area (Å²) in [5.74, 6) is -2.46. The van der Waals surface area contributed by atoms with E-state index in [4.69, 9.17) is 4.74 Å². The highest BCUT2D eigenvalue weighted by Gasteiger charge is 2.50. The molecular formula is C22H29NO5S. The number of rotatable bonds is 5. The summed E-state index contributed by atoms with van der Waals surface area (Å²) in [7, 11) is 0. The van der Waals surface area contributed by atoms with Crippen LogP contribution < -0.4 is 5.32 Å². The summed E-state index contributed by atoms with van der Waals surface area (Å²) in [5.41, 5.74) is 1.49. The van der Waals surface area contributed by atoms with Crippen molar-refractivity contribution in [3.05, 3.63) is 16.0 Å². The Hall–Kier alpha value is -1.89. The van der Waals surface area contributed by atoms with Crippen LogP contribution in [0, 0.1) is 23.7 Å². The van der Waals surface area contributed by atoms with Crippen molar-refractivity contribution in [3.8, 4) is 0 Å². The van der Waals surface area contributed by atoms with Gasteiger partial charge in [-0.25, -0.2) is 4.79 Å². The van der Waals surface area contributed by atoms with Crippen molar-refractivity contribution in [1.29, 1.82) is 0 Å². The Kier molecular flexibility index (Phi) is 5.69. The van der Waals surface area contributed by atoms with Gasteiger partial charge in [0.15, 0.2) is 0 Å². The van der Waals surface area contributed by atoms with Gasteiger partial charge in [-0.2, -0.15) is 0 Å². The lowest BCUT2D eigenvalue weighted by molar-refractivity contribution is -0.156. The van der Waals surface area contributed by atoms with Gasteiger partial charge in [-0.15, -0.1) is 11.3 Å². The molecule has 0 spiro atoms. The zero-order valence-corrected chi connectivity index (χ0v) is 17.8. The number of nitrogens with one attached hydrogen (secondary N) is 1. The Morgan fingerprint density at radius 1 is 1.03 bits per heavy atom. The SMILES string of the molecule is CC(C)OC(=O)c1c(NC(=O)[C@H]2C3CCC(CC3)[C@H]2C(=O)O)sc2c1CCCC2. The number of aliphatic carboxylic acids is 1.